The fourth-order valence-electron chi connectivity index (χ4n) is 3.28. The molecule has 0 aromatic rings. The van der Waals surface area contributed by atoms with Gasteiger partial charge in [-0.2, -0.15) is 0 Å². The van der Waals surface area contributed by atoms with Gasteiger partial charge in [0, 0.05) is 11.8 Å². The summed E-state index contributed by atoms with van der Waals surface area (Å²) >= 11 is 0. The van der Waals surface area contributed by atoms with Crippen molar-refractivity contribution in [3.63, 3.8) is 0 Å². The second kappa shape index (κ2) is 5.47. The van der Waals surface area contributed by atoms with Crippen LogP contribution in [0.2, 0.25) is 0 Å². The first kappa shape index (κ1) is 17.2. The molecule has 2 saturated carbocycles. The quantitative estimate of drug-likeness (QED) is 0.751. The lowest BCUT2D eigenvalue weighted by molar-refractivity contribution is -0.152. The third kappa shape index (κ3) is 3.22. The van der Waals surface area contributed by atoms with Crippen LogP contribution in [0.15, 0.2) is 0 Å². The summed E-state index contributed by atoms with van der Waals surface area (Å²) in [4.78, 5) is 22.1. The van der Waals surface area contributed by atoms with Crippen LogP contribution < -0.4 is 5.73 Å². The van der Waals surface area contributed by atoms with Gasteiger partial charge in [-0.25, -0.2) is 0 Å². The van der Waals surface area contributed by atoms with Gasteiger partial charge in [-0.1, -0.05) is 20.8 Å². The Morgan fingerprint density at radius 3 is 2.05 bits per heavy atom. The molecule has 0 saturated heterocycles. The van der Waals surface area contributed by atoms with E-state index in [1.807, 2.05) is 0 Å². The summed E-state index contributed by atoms with van der Waals surface area (Å²) in [6.07, 6.45) is 3.25. The Hall–Kier alpha value is -0.900. The second-order valence-electron chi connectivity index (χ2n) is 7.71. The van der Waals surface area contributed by atoms with Crippen LogP contribution in [0, 0.1) is 16.7 Å². The molecule has 0 spiro atoms. The number of ether oxygens (including phenoxy) is 1. The van der Waals surface area contributed by atoms with Gasteiger partial charge in [0.2, 0.25) is 0 Å². The Kier molecular flexibility index (Phi) is 4.69. The number of ketones is 1. The van der Waals surface area contributed by atoms with Gasteiger partial charge >= 0.3 is 5.97 Å². The summed E-state index contributed by atoms with van der Waals surface area (Å²) in [5, 5.41) is 0. The van der Waals surface area contributed by atoms with E-state index in [1.54, 1.807) is 20.8 Å². The highest BCUT2D eigenvalue weighted by atomic mass is 16.6. The van der Waals surface area contributed by atoms with Crippen LogP contribution in [-0.2, 0) is 14.3 Å². The number of nitrogens with two attached hydrogens (primary N) is 1. The molecule has 2 unspecified atom stereocenters. The highest BCUT2D eigenvalue weighted by Gasteiger charge is 2.61. The monoisotopic (exact) mass is 283 g/mol. The van der Waals surface area contributed by atoms with Gasteiger partial charge in [-0.05, 0) is 44.9 Å². The molecule has 2 aliphatic carbocycles. The topological polar surface area (TPSA) is 69.4 Å². The smallest absolute Gasteiger partial charge is 0.320 e. The fourth-order valence-corrected chi connectivity index (χ4v) is 3.28. The molecule has 2 bridgehead atoms. The number of rotatable bonds is 1. The molecule has 0 radical (unpaired) electrons. The minimum absolute atomic E-state index is 0.0255. The van der Waals surface area contributed by atoms with E-state index in [1.165, 1.54) is 6.42 Å². The summed E-state index contributed by atoms with van der Waals surface area (Å²) in [6, 6.07) is 0. The molecule has 116 valence electrons. The van der Waals surface area contributed by atoms with Crippen LogP contribution in [0.5, 0.6) is 0 Å². The van der Waals surface area contributed by atoms with Crippen molar-refractivity contribution < 1.29 is 14.3 Å². The van der Waals surface area contributed by atoms with Crippen molar-refractivity contribution in [2.75, 3.05) is 6.54 Å². The van der Waals surface area contributed by atoms with E-state index >= 15 is 0 Å². The van der Waals surface area contributed by atoms with Crippen LogP contribution in [0.3, 0.4) is 0 Å². The normalized spacial score (nSPS) is 30.8. The summed E-state index contributed by atoms with van der Waals surface area (Å²) in [7, 11) is 0. The molecular formula is C16H29NO3. The molecular weight excluding hydrogens is 254 g/mol. The van der Waals surface area contributed by atoms with Gasteiger partial charge in [0.25, 0.3) is 0 Å². The number of esters is 1. The van der Waals surface area contributed by atoms with Gasteiger partial charge < -0.3 is 10.5 Å². The van der Waals surface area contributed by atoms with Gasteiger partial charge in [-0.3, -0.25) is 9.59 Å². The average Bonchev–Trinajstić information content (AvgIpc) is 2.60. The number of Topliss-reactive ketones (excluding diaryl/α,β-unsaturated/α-hetero) is 1. The van der Waals surface area contributed by atoms with Crippen molar-refractivity contribution >= 4 is 11.8 Å². The molecule has 4 heteroatoms. The minimum atomic E-state index is -0.406. The van der Waals surface area contributed by atoms with E-state index in [9.17, 15) is 9.59 Å². The van der Waals surface area contributed by atoms with Crippen LogP contribution in [0.1, 0.15) is 60.8 Å². The number of hydrogen-bond donors (Lipinski definition) is 1. The standard InChI is InChI=1S/C10H16O.C6H13NO2/c1-9(2)7-4-5-10(9,3)8(11)6-7;1-6(2,3)9-5(8)4-7/h7H,4-6H2,1-3H3;4,7H2,1-3H3. The molecule has 0 heterocycles. The Morgan fingerprint density at radius 1 is 1.35 bits per heavy atom. The Bertz CT molecular complexity index is 395. The zero-order chi connectivity index (χ0) is 15.8. The molecule has 2 rings (SSSR count). The van der Waals surface area contributed by atoms with Gasteiger partial charge in [-0.15, -0.1) is 0 Å². The molecule has 2 atom stereocenters. The van der Waals surface area contributed by atoms with E-state index in [4.69, 9.17) is 10.5 Å². The van der Waals surface area contributed by atoms with E-state index in [-0.39, 0.29) is 23.3 Å². The van der Waals surface area contributed by atoms with Gasteiger partial charge in [0.15, 0.2) is 0 Å². The third-order valence-corrected chi connectivity index (χ3v) is 5.07. The molecule has 20 heavy (non-hydrogen) atoms. The summed E-state index contributed by atoms with van der Waals surface area (Å²) in [5.41, 5.74) is 4.91. The second-order valence-corrected chi connectivity index (χ2v) is 7.71. The van der Waals surface area contributed by atoms with Gasteiger partial charge in [0.1, 0.15) is 11.4 Å². The van der Waals surface area contributed by atoms with E-state index in [0.29, 0.717) is 11.7 Å². The maximum atomic E-state index is 11.6. The summed E-state index contributed by atoms with van der Waals surface area (Å²) in [6.45, 7) is 12.0. The molecule has 0 amide bonds. The zero-order valence-electron chi connectivity index (χ0n) is 13.7. The van der Waals surface area contributed by atoms with Crippen LogP contribution in [0.4, 0.5) is 0 Å². The van der Waals surface area contributed by atoms with E-state index < -0.39 is 5.60 Å². The van der Waals surface area contributed by atoms with Crippen molar-refractivity contribution in [1.82, 2.24) is 0 Å². The van der Waals surface area contributed by atoms with Crippen LogP contribution in [0.25, 0.3) is 0 Å². The third-order valence-electron chi connectivity index (χ3n) is 5.07. The maximum absolute atomic E-state index is 11.6. The lowest BCUT2D eigenvalue weighted by Crippen LogP contribution is -2.32. The average molecular weight is 283 g/mol. The van der Waals surface area contributed by atoms with E-state index in [0.717, 1.165) is 12.8 Å². The number of hydrogen-bond acceptors (Lipinski definition) is 4. The molecule has 0 aromatic heterocycles. The first-order valence-electron chi connectivity index (χ1n) is 7.39. The van der Waals surface area contributed by atoms with Crippen molar-refractivity contribution in [2.45, 2.75) is 66.4 Å². The number of carbonyl (C=O) groups is 2. The largest absolute Gasteiger partial charge is 0.459 e. The summed E-state index contributed by atoms with van der Waals surface area (Å²) < 4.78 is 4.82. The zero-order valence-corrected chi connectivity index (χ0v) is 13.7. The van der Waals surface area contributed by atoms with Crippen molar-refractivity contribution in [3.8, 4) is 0 Å². The Labute approximate surface area is 122 Å². The fraction of sp³-hybridized carbons (Fsp3) is 0.875. The lowest BCUT2D eigenvalue weighted by Gasteiger charge is -2.32. The highest BCUT2D eigenvalue weighted by molar-refractivity contribution is 5.89. The van der Waals surface area contributed by atoms with Crippen LogP contribution >= 0.6 is 0 Å². The SMILES string of the molecule is CC(C)(C)OC(=O)CN.CC12CCC(CC1=O)C2(C)C. The van der Waals surface area contributed by atoms with Crippen molar-refractivity contribution in [2.24, 2.45) is 22.5 Å². The number of carbonyl (C=O) groups excluding carboxylic acids is 2. The molecule has 0 aromatic carbocycles. The Morgan fingerprint density at radius 2 is 1.90 bits per heavy atom. The molecule has 2 aliphatic rings. The molecule has 2 N–H and O–H groups in total. The van der Waals surface area contributed by atoms with E-state index in [2.05, 4.69) is 20.8 Å². The number of fused-ring (bicyclic) bond motifs is 2. The highest BCUT2D eigenvalue weighted by Crippen LogP contribution is 2.63. The molecule has 4 nitrogen and oxygen atoms in total. The predicted octanol–water partition coefficient (Wildman–Crippen LogP) is 2.69. The molecule has 0 aliphatic heterocycles. The first-order chi connectivity index (χ1) is 8.94. The van der Waals surface area contributed by atoms with Crippen molar-refractivity contribution in [1.29, 1.82) is 0 Å². The van der Waals surface area contributed by atoms with Crippen molar-refractivity contribution in [3.05, 3.63) is 0 Å². The first-order valence-corrected chi connectivity index (χ1v) is 7.39. The Balaban J connectivity index is 0.000000206. The lowest BCUT2D eigenvalue weighted by atomic mass is 9.70. The predicted molar refractivity (Wildman–Crippen MR) is 79.1 cm³/mol. The molecule has 2 fully saturated rings. The van der Waals surface area contributed by atoms with Gasteiger partial charge in [0.05, 0.1) is 6.54 Å². The minimum Gasteiger partial charge on any atom is -0.459 e. The maximum Gasteiger partial charge on any atom is 0.320 e. The van der Waals surface area contributed by atoms with Crippen LogP contribution in [-0.4, -0.2) is 23.9 Å². The summed E-state index contributed by atoms with van der Waals surface area (Å²) in [5.74, 6) is 0.834.